The van der Waals surface area contributed by atoms with Gasteiger partial charge in [0.2, 0.25) is 0 Å². The molecular formula is C15H10N4. The van der Waals surface area contributed by atoms with Gasteiger partial charge >= 0.3 is 0 Å². The Kier molecular flexibility index (Phi) is 2.79. The molecule has 0 fully saturated rings. The highest BCUT2D eigenvalue weighted by molar-refractivity contribution is 5.58. The molecule has 0 N–H and O–H groups in total. The topological polar surface area (TPSA) is 54.5 Å². The average Bonchev–Trinajstić information content (AvgIpc) is 2.98. The van der Waals surface area contributed by atoms with Crippen molar-refractivity contribution < 1.29 is 0 Å². The van der Waals surface area contributed by atoms with E-state index in [1.807, 2.05) is 48.7 Å². The molecule has 0 saturated carbocycles. The Balaban J connectivity index is 2.00. The molecule has 1 heterocycles. The Labute approximate surface area is 110 Å². The second kappa shape index (κ2) is 4.75. The largest absolute Gasteiger partial charge is 0.220 e. The highest BCUT2D eigenvalue weighted by Gasteiger charge is 2.05. The van der Waals surface area contributed by atoms with Crippen molar-refractivity contribution in [1.29, 1.82) is 5.26 Å². The number of nitriles is 1. The predicted molar refractivity (Wildman–Crippen MR) is 71.5 cm³/mol. The van der Waals surface area contributed by atoms with E-state index >= 15 is 0 Å². The quantitative estimate of drug-likeness (QED) is 0.698. The highest BCUT2D eigenvalue weighted by Crippen LogP contribution is 2.17. The molecule has 0 bridgehead atoms. The van der Waals surface area contributed by atoms with E-state index in [0.717, 1.165) is 16.9 Å². The molecule has 0 radical (unpaired) electrons. The van der Waals surface area contributed by atoms with E-state index in [0.29, 0.717) is 5.56 Å². The van der Waals surface area contributed by atoms with Crippen LogP contribution in [-0.4, -0.2) is 15.0 Å². The SMILES string of the molecule is N#Cc1cccc(-n2cc(-c3ccccc3)nn2)c1. The molecule has 0 unspecified atom stereocenters. The molecule has 1 aromatic heterocycles. The fourth-order valence-corrected chi connectivity index (χ4v) is 1.85. The summed E-state index contributed by atoms with van der Waals surface area (Å²) < 4.78 is 1.67. The van der Waals surface area contributed by atoms with Crippen molar-refractivity contribution in [2.24, 2.45) is 0 Å². The zero-order valence-corrected chi connectivity index (χ0v) is 10.1. The van der Waals surface area contributed by atoms with Crippen LogP contribution in [0.15, 0.2) is 60.8 Å². The molecule has 3 aromatic rings. The van der Waals surface area contributed by atoms with Crippen molar-refractivity contribution in [3.05, 3.63) is 66.4 Å². The molecule has 3 rings (SSSR count). The van der Waals surface area contributed by atoms with E-state index < -0.39 is 0 Å². The van der Waals surface area contributed by atoms with E-state index in [2.05, 4.69) is 16.4 Å². The van der Waals surface area contributed by atoms with E-state index in [1.165, 1.54) is 0 Å². The van der Waals surface area contributed by atoms with Crippen LogP contribution in [-0.2, 0) is 0 Å². The lowest BCUT2D eigenvalue weighted by atomic mass is 10.2. The van der Waals surface area contributed by atoms with Gasteiger partial charge in [0.15, 0.2) is 0 Å². The minimum absolute atomic E-state index is 0.606. The van der Waals surface area contributed by atoms with Crippen LogP contribution >= 0.6 is 0 Å². The second-order valence-corrected chi connectivity index (χ2v) is 4.08. The number of hydrogen-bond donors (Lipinski definition) is 0. The molecule has 0 atom stereocenters. The number of nitrogens with zero attached hydrogens (tertiary/aromatic N) is 4. The summed E-state index contributed by atoms with van der Waals surface area (Å²) in [4.78, 5) is 0. The van der Waals surface area contributed by atoms with E-state index in [1.54, 1.807) is 16.8 Å². The molecule has 0 spiro atoms. The Bertz CT molecular complexity index is 738. The van der Waals surface area contributed by atoms with Crippen molar-refractivity contribution in [2.75, 3.05) is 0 Å². The summed E-state index contributed by atoms with van der Waals surface area (Å²) in [5, 5.41) is 17.1. The van der Waals surface area contributed by atoms with Gasteiger partial charge in [-0.3, -0.25) is 0 Å². The van der Waals surface area contributed by atoms with Gasteiger partial charge in [0.25, 0.3) is 0 Å². The number of aromatic nitrogens is 3. The second-order valence-electron chi connectivity index (χ2n) is 4.08. The number of rotatable bonds is 2. The summed E-state index contributed by atoms with van der Waals surface area (Å²) in [7, 11) is 0. The van der Waals surface area contributed by atoms with Gasteiger partial charge in [-0.25, -0.2) is 4.68 Å². The van der Waals surface area contributed by atoms with Crippen LogP contribution in [0, 0.1) is 11.3 Å². The fourth-order valence-electron chi connectivity index (χ4n) is 1.85. The lowest BCUT2D eigenvalue weighted by Gasteiger charge is -1.99. The van der Waals surface area contributed by atoms with E-state index in [-0.39, 0.29) is 0 Å². The van der Waals surface area contributed by atoms with Crippen molar-refractivity contribution in [2.45, 2.75) is 0 Å². The van der Waals surface area contributed by atoms with E-state index in [4.69, 9.17) is 5.26 Å². The Morgan fingerprint density at radius 1 is 1.00 bits per heavy atom. The Morgan fingerprint density at radius 2 is 1.84 bits per heavy atom. The monoisotopic (exact) mass is 246 g/mol. The lowest BCUT2D eigenvalue weighted by Crippen LogP contribution is -1.94. The predicted octanol–water partition coefficient (Wildman–Crippen LogP) is 2.81. The fraction of sp³-hybridized carbons (Fsp3) is 0. The molecule has 2 aromatic carbocycles. The minimum atomic E-state index is 0.606. The smallest absolute Gasteiger partial charge is 0.113 e. The molecule has 4 heteroatoms. The van der Waals surface area contributed by atoms with Gasteiger partial charge in [0, 0.05) is 5.56 Å². The molecule has 19 heavy (non-hydrogen) atoms. The summed E-state index contributed by atoms with van der Waals surface area (Å²) in [6, 6.07) is 19.2. The van der Waals surface area contributed by atoms with Crippen molar-refractivity contribution in [3.63, 3.8) is 0 Å². The van der Waals surface area contributed by atoms with Crippen molar-refractivity contribution in [1.82, 2.24) is 15.0 Å². The van der Waals surface area contributed by atoms with Crippen molar-refractivity contribution >= 4 is 0 Å². The maximum absolute atomic E-state index is 8.90. The zero-order chi connectivity index (χ0) is 13.1. The highest BCUT2D eigenvalue weighted by atomic mass is 15.4. The van der Waals surface area contributed by atoms with Gasteiger partial charge in [0.1, 0.15) is 5.69 Å². The third kappa shape index (κ3) is 2.22. The maximum Gasteiger partial charge on any atom is 0.113 e. The molecule has 0 amide bonds. The molecule has 0 aliphatic rings. The van der Waals surface area contributed by atoms with Gasteiger partial charge in [-0.05, 0) is 18.2 Å². The van der Waals surface area contributed by atoms with Crippen LogP contribution in [0.1, 0.15) is 5.56 Å². The summed E-state index contributed by atoms with van der Waals surface area (Å²) >= 11 is 0. The zero-order valence-electron chi connectivity index (χ0n) is 10.1. The first-order valence-electron chi connectivity index (χ1n) is 5.85. The normalized spacial score (nSPS) is 10.1. The first-order valence-corrected chi connectivity index (χ1v) is 5.85. The number of benzene rings is 2. The van der Waals surface area contributed by atoms with Crippen LogP contribution in [0.5, 0.6) is 0 Å². The number of hydrogen-bond acceptors (Lipinski definition) is 3. The third-order valence-electron chi connectivity index (χ3n) is 2.80. The molecule has 0 aliphatic carbocycles. The molecule has 0 aliphatic heterocycles. The Morgan fingerprint density at radius 3 is 2.63 bits per heavy atom. The van der Waals surface area contributed by atoms with Crippen LogP contribution in [0.2, 0.25) is 0 Å². The summed E-state index contributed by atoms with van der Waals surface area (Å²) in [5.41, 5.74) is 3.26. The van der Waals surface area contributed by atoms with Crippen LogP contribution in [0.3, 0.4) is 0 Å². The summed E-state index contributed by atoms with van der Waals surface area (Å²) in [6.07, 6.45) is 1.85. The Hall–Kier alpha value is -2.93. The van der Waals surface area contributed by atoms with Crippen LogP contribution < -0.4 is 0 Å². The standard InChI is InChI=1S/C15H10N4/c16-10-12-5-4-8-14(9-12)19-11-15(17-18-19)13-6-2-1-3-7-13/h1-9,11H. The lowest BCUT2D eigenvalue weighted by molar-refractivity contribution is 0.803. The maximum atomic E-state index is 8.90. The van der Waals surface area contributed by atoms with Gasteiger partial charge < -0.3 is 0 Å². The molecule has 90 valence electrons. The van der Waals surface area contributed by atoms with E-state index in [9.17, 15) is 0 Å². The van der Waals surface area contributed by atoms with Gasteiger partial charge in [0.05, 0.1) is 23.5 Å². The third-order valence-corrected chi connectivity index (χ3v) is 2.80. The van der Waals surface area contributed by atoms with Crippen molar-refractivity contribution in [3.8, 4) is 23.0 Å². The van der Waals surface area contributed by atoms with Crippen LogP contribution in [0.25, 0.3) is 16.9 Å². The molecular weight excluding hydrogens is 236 g/mol. The molecule has 4 nitrogen and oxygen atoms in total. The van der Waals surface area contributed by atoms with Crippen LogP contribution in [0.4, 0.5) is 0 Å². The first kappa shape index (κ1) is 11.2. The summed E-state index contributed by atoms with van der Waals surface area (Å²) in [6.45, 7) is 0. The van der Waals surface area contributed by atoms with Gasteiger partial charge in [-0.15, -0.1) is 5.10 Å². The average molecular weight is 246 g/mol. The molecule has 0 saturated heterocycles. The van der Waals surface area contributed by atoms with Gasteiger partial charge in [-0.1, -0.05) is 41.6 Å². The van der Waals surface area contributed by atoms with Gasteiger partial charge in [-0.2, -0.15) is 5.26 Å². The summed E-state index contributed by atoms with van der Waals surface area (Å²) in [5.74, 6) is 0. The minimum Gasteiger partial charge on any atom is -0.220 e. The first-order chi connectivity index (χ1) is 9.36.